The number of furan rings is 1. The molecule has 3 amide bonds. The summed E-state index contributed by atoms with van der Waals surface area (Å²) in [6, 6.07) is 17.1. The van der Waals surface area contributed by atoms with Crippen molar-refractivity contribution in [3.8, 4) is 11.3 Å². The van der Waals surface area contributed by atoms with Crippen LogP contribution in [0.25, 0.3) is 11.3 Å². The normalized spacial score (nSPS) is 20.6. The van der Waals surface area contributed by atoms with E-state index >= 15 is 0 Å². The maximum Gasteiger partial charge on any atom is 0.255 e. The molecule has 0 radical (unpaired) electrons. The molecule has 3 aliphatic rings. The first kappa shape index (κ1) is 24.9. The second kappa shape index (κ2) is 10.4. The molecule has 1 aromatic heterocycles. The number of benzene rings is 2. The third-order valence-corrected chi connectivity index (χ3v) is 7.88. The number of amides is 3. The zero-order valence-electron chi connectivity index (χ0n) is 21.0. The van der Waals surface area contributed by atoms with Crippen LogP contribution in [0.5, 0.6) is 0 Å². The van der Waals surface area contributed by atoms with Crippen LogP contribution in [0.15, 0.2) is 59.0 Å². The van der Waals surface area contributed by atoms with Crippen molar-refractivity contribution in [1.82, 2.24) is 20.0 Å². The second-order valence-corrected chi connectivity index (χ2v) is 10.7. The molecule has 4 heterocycles. The highest BCUT2D eigenvalue weighted by Gasteiger charge is 2.39. The lowest BCUT2D eigenvalue weighted by atomic mass is 10.0. The Morgan fingerprint density at radius 3 is 2.37 bits per heavy atom. The van der Waals surface area contributed by atoms with Crippen molar-refractivity contribution in [2.24, 2.45) is 0 Å². The molecule has 0 aliphatic carbocycles. The molecule has 196 valence electrons. The van der Waals surface area contributed by atoms with E-state index in [4.69, 9.17) is 16.0 Å². The van der Waals surface area contributed by atoms with E-state index in [1.807, 2.05) is 48.5 Å². The lowest BCUT2D eigenvalue weighted by Gasteiger charge is -2.34. The lowest BCUT2D eigenvalue weighted by Crippen LogP contribution is -2.52. The van der Waals surface area contributed by atoms with Gasteiger partial charge in [-0.2, -0.15) is 0 Å². The van der Waals surface area contributed by atoms with Crippen molar-refractivity contribution >= 4 is 29.3 Å². The Hall–Kier alpha value is -3.46. The van der Waals surface area contributed by atoms with E-state index in [0.29, 0.717) is 23.6 Å². The highest BCUT2D eigenvalue weighted by Crippen LogP contribution is 2.29. The minimum Gasteiger partial charge on any atom is -0.460 e. The van der Waals surface area contributed by atoms with Crippen LogP contribution in [-0.4, -0.2) is 64.6 Å². The monoisotopic (exact) mass is 532 g/mol. The number of piperazine rings is 1. The number of hydrogen-bond donors (Lipinski definition) is 1. The summed E-state index contributed by atoms with van der Waals surface area (Å²) in [5.41, 5.74) is 3.78. The molecule has 0 saturated carbocycles. The third kappa shape index (κ3) is 5.12. The van der Waals surface area contributed by atoms with Gasteiger partial charge in [0, 0.05) is 61.8 Å². The van der Waals surface area contributed by atoms with E-state index in [2.05, 4.69) is 21.2 Å². The van der Waals surface area contributed by atoms with Gasteiger partial charge in [0.05, 0.1) is 6.54 Å². The molecule has 1 unspecified atom stereocenters. The van der Waals surface area contributed by atoms with Crippen molar-refractivity contribution in [2.45, 2.75) is 38.5 Å². The molecular formula is C29H29ClN4O4. The predicted octanol–water partition coefficient (Wildman–Crippen LogP) is 3.68. The van der Waals surface area contributed by atoms with E-state index in [9.17, 15) is 14.4 Å². The fourth-order valence-corrected chi connectivity index (χ4v) is 5.67. The van der Waals surface area contributed by atoms with Crippen molar-refractivity contribution in [3.05, 3.63) is 82.1 Å². The minimum atomic E-state index is -0.583. The van der Waals surface area contributed by atoms with Crippen molar-refractivity contribution in [3.63, 3.8) is 0 Å². The van der Waals surface area contributed by atoms with Gasteiger partial charge in [-0.1, -0.05) is 23.7 Å². The Morgan fingerprint density at radius 2 is 1.63 bits per heavy atom. The standard InChI is InChI=1S/C29H29ClN4O4/c30-22-4-2-20(3-5-22)26-9-6-23(38-26)18-33-13-11-32(12-14-33)16-19-1-7-24-21(15-19)17-34(29(24)37)25-8-10-27(35)31-28(25)36/h1-7,9,15,25H,8,10-14,16-18H2,(H,31,35,36). The zero-order valence-corrected chi connectivity index (χ0v) is 21.7. The van der Waals surface area contributed by atoms with Gasteiger partial charge in [0.2, 0.25) is 11.8 Å². The number of nitrogens with zero attached hydrogens (tertiary/aromatic N) is 3. The van der Waals surface area contributed by atoms with Crippen LogP contribution >= 0.6 is 11.6 Å². The number of piperidine rings is 1. The molecule has 6 rings (SSSR count). The number of halogens is 1. The minimum absolute atomic E-state index is 0.133. The van der Waals surface area contributed by atoms with Crippen LogP contribution in [-0.2, 0) is 29.2 Å². The molecule has 38 heavy (non-hydrogen) atoms. The van der Waals surface area contributed by atoms with E-state index in [-0.39, 0.29) is 24.1 Å². The van der Waals surface area contributed by atoms with Gasteiger partial charge < -0.3 is 9.32 Å². The van der Waals surface area contributed by atoms with E-state index in [1.165, 1.54) is 0 Å². The maximum absolute atomic E-state index is 12.9. The van der Waals surface area contributed by atoms with Crippen molar-refractivity contribution in [2.75, 3.05) is 26.2 Å². The quantitative estimate of drug-likeness (QED) is 0.487. The molecule has 0 bridgehead atoms. The predicted molar refractivity (Wildman–Crippen MR) is 142 cm³/mol. The summed E-state index contributed by atoms with van der Waals surface area (Å²) in [7, 11) is 0. The average Bonchev–Trinajstić information content (AvgIpc) is 3.50. The van der Waals surface area contributed by atoms with Crippen LogP contribution in [0, 0.1) is 0 Å². The SMILES string of the molecule is O=C1CCC(N2Cc3cc(CN4CCN(Cc5ccc(-c6ccc(Cl)cc6)o5)CC4)ccc3C2=O)C(=O)N1. The Balaban J connectivity index is 1.02. The van der Waals surface area contributed by atoms with Gasteiger partial charge in [0.15, 0.2) is 0 Å². The first-order valence-corrected chi connectivity index (χ1v) is 13.4. The molecule has 3 aliphatic heterocycles. The third-order valence-electron chi connectivity index (χ3n) is 7.63. The number of carbonyl (C=O) groups excluding carboxylic acids is 3. The van der Waals surface area contributed by atoms with Gasteiger partial charge in [-0.05, 0) is 60.0 Å². The van der Waals surface area contributed by atoms with Gasteiger partial charge in [-0.3, -0.25) is 29.5 Å². The molecule has 9 heteroatoms. The van der Waals surface area contributed by atoms with Gasteiger partial charge in [0.25, 0.3) is 5.91 Å². The van der Waals surface area contributed by atoms with Crippen LogP contribution < -0.4 is 5.32 Å². The summed E-state index contributed by atoms with van der Waals surface area (Å²) in [6.07, 6.45) is 0.638. The summed E-state index contributed by atoms with van der Waals surface area (Å²) >= 11 is 5.99. The largest absolute Gasteiger partial charge is 0.460 e. The first-order chi connectivity index (χ1) is 18.4. The molecule has 1 atom stereocenters. The number of rotatable bonds is 6. The molecule has 2 fully saturated rings. The smallest absolute Gasteiger partial charge is 0.255 e. The van der Waals surface area contributed by atoms with Crippen molar-refractivity contribution < 1.29 is 18.8 Å². The van der Waals surface area contributed by atoms with Gasteiger partial charge >= 0.3 is 0 Å². The molecule has 2 saturated heterocycles. The fourth-order valence-electron chi connectivity index (χ4n) is 5.54. The highest BCUT2D eigenvalue weighted by molar-refractivity contribution is 6.30. The summed E-state index contributed by atoms with van der Waals surface area (Å²) in [4.78, 5) is 43.1. The number of nitrogens with one attached hydrogen (secondary N) is 1. The Bertz CT molecular complexity index is 1380. The van der Waals surface area contributed by atoms with Gasteiger partial charge in [-0.15, -0.1) is 0 Å². The molecule has 2 aromatic carbocycles. The number of imide groups is 1. The maximum atomic E-state index is 12.9. The van der Waals surface area contributed by atoms with Crippen molar-refractivity contribution in [1.29, 1.82) is 0 Å². The Morgan fingerprint density at radius 1 is 0.895 bits per heavy atom. The summed E-state index contributed by atoms with van der Waals surface area (Å²) in [5.74, 6) is 1.02. The second-order valence-electron chi connectivity index (χ2n) is 10.2. The Labute approximate surface area is 226 Å². The molecule has 0 spiro atoms. The zero-order chi connectivity index (χ0) is 26.2. The molecule has 3 aromatic rings. The summed E-state index contributed by atoms with van der Waals surface area (Å²) in [5, 5.41) is 3.06. The van der Waals surface area contributed by atoms with Crippen LogP contribution in [0.2, 0.25) is 5.02 Å². The number of fused-ring (bicyclic) bond motifs is 1. The van der Waals surface area contributed by atoms with Gasteiger partial charge in [-0.25, -0.2) is 0 Å². The lowest BCUT2D eigenvalue weighted by molar-refractivity contribution is -0.136. The highest BCUT2D eigenvalue weighted by atomic mass is 35.5. The van der Waals surface area contributed by atoms with Crippen LogP contribution in [0.1, 0.15) is 40.1 Å². The molecule has 8 nitrogen and oxygen atoms in total. The number of carbonyl (C=O) groups is 3. The fraction of sp³-hybridized carbons (Fsp3) is 0.345. The van der Waals surface area contributed by atoms with E-state index in [1.54, 1.807) is 4.90 Å². The summed E-state index contributed by atoms with van der Waals surface area (Å²) < 4.78 is 6.08. The molecule has 1 N–H and O–H groups in total. The first-order valence-electron chi connectivity index (χ1n) is 13.0. The number of hydrogen-bond acceptors (Lipinski definition) is 6. The van der Waals surface area contributed by atoms with E-state index < -0.39 is 6.04 Å². The topological polar surface area (TPSA) is 86.1 Å². The van der Waals surface area contributed by atoms with Crippen LogP contribution in [0.3, 0.4) is 0 Å². The average molecular weight is 533 g/mol. The van der Waals surface area contributed by atoms with E-state index in [0.717, 1.165) is 67.5 Å². The summed E-state index contributed by atoms with van der Waals surface area (Å²) in [6.45, 7) is 5.79. The van der Waals surface area contributed by atoms with Crippen LogP contribution in [0.4, 0.5) is 0 Å². The Kier molecular flexibility index (Phi) is 6.78. The molecular weight excluding hydrogens is 504 g/mol. The van der Waals surface area contributed by atoms with Gasteiger partial charge in [0.1, 0.15) is 17.6 Å².